The predicted molar refractivity (Wildman–Crippen MR) is 79.5 cm³/mol. The highest BCUT2D eigenvalue weighted by Crippen LogP contribution is 2.22. The van der Waals surface area contributed by atoms with Crippen LogP contribution >= 0.6 is 11.8 Å². The maximum Gasteiger partial charge on any atom is 0.263 e. The van der Waals surface area contributed by atoms with E-state index >= 15 is 0 Å². The van der Waals surface area contributed by atoms with Crippen molar-refractivity contribution in [3.8, 4) is 0 Å². The highest BCUT2D eigenvalue weighted by molar-refractivity contribution is 7.99. The van der Waals surface area contributed by atoms with Gasteiger partial charge in [0.05, 0.1) is 4.90 Å². The van der Waals surface area contributed by atoms with Gasteiger partial charge in [-0.15, -0.1) is 11.8 Å². The van der Waals surface area contributed by atoms with Crippen LogP contribution in [-0.2, 0) is 10.0 Å². The van der Waals surface area contributed by atoms with Crippen LogP contribution in [0.15, 0.2) is 44.6 Å². The summed E-state index contributed by atoms with van der Waals surface area (Å²) in [5, 5.41) is 3.62. The average molecular weight is 312 g/mol. The molecule has 5 nitrogen and oxygen atoms in total. The first kappa shape index (κ1) is 14.9. The maximum absolute atomic E-state index is 12.1. The molecule has 0 spiro atoms. The molecular formula is C13H16N2O3S2. The van der Waals surface area contributed by atoms with Crippen molar-refractivity contribution in [3.05, 3.63) is 36.1 Å². The number of benzene rings is 1. The average Bonchev–Trinajstić information content (AvgIpc) is 2.81. The molecule has 0 aliphatic rings. The molecule has 2 rings (SSSR count). The van der Waals surface area contributed by atoms with Crippen LogP contribution in [0.1, 0.15) is 19.1 Å². The van der Waals surface area contributed by atoms with Crippen molar-refractivity contribution in [2.24, 2.45) is 0 Å². The van der Waals surface area contributed by atoms with Crippen molar-refractivity contribution in [1.29, 1.82) is 0 Å². The number of aryl methyl sites for hydroxylation is 1. The third-order valence-electron chi connectivity index (χ3n) is 2.47. The van der Waals surface area contributed by atoms with E-state index in [0.29, 0.717) is 5.76 Å². The Labute approximate surface area is 122 Å². The summed E-state index contributed by atoms with van der Waals surface area (Å²) in [6.45, 7) is 3.81. The number of thioether (sulfide) groups is 1. The number of nitrogens with one attached hydrogen (secondary N) is 1. The number of hydrogen-bond donors (Lipinski definition) is 1. The van der Waals surface area contributed by atoms with Gasteiger partial charge in [0.2, 0.25) is 0 Å². The molecule has 0 bridgehead atoms. The van der Waals surface area contributed by atoms with Crippen molar-refractivity contribution in [2.45, 2.75) is 30.1 Å². The van der Waals surface area contributed by atoms with Crippen molar-refractivity contribution in [3.63, 3.8) is 0 Å². The Morgan fingerprint density at radius 1 is 1.30 bits per heavy atom. The molecule has 1 aromatic heterocycles. The highest BCUT2D eigenvalue weighted by atomic mass is 32.2. The molecule has 0 amide bonds. The Morgan fingerprint density at radius 3 is 2.55 bits per heavy atom. The van der Waals surface area contributed by atoms with Crippen LogP contribution in [0.3, 0.4) is 0 Å². The first-order chi connectivity index (χ1) is 9.51. The second-order valence-electron chi connectivity index (χ2n) is 4.25. The van der Waals surface area contributed by atoms with Gasteiger partial charge in [0, 0.05) is 11.0 Å². The van der Waals surface area contributed by atoms with Gasteiger partial charge >= 0.3 is 0 Å². The van der Waals surface area contributed by atoms with E-state index in [2.05, 4.69) is 16.8 Å². The van der Waals surface area contributed by atoms with E-state index in [9.17, 15) is 8.42 Å². The summed E-state index contributed by atoms with van der Waals surface area (Å²) in [6, 6.07) is 8.33. The van der Waals surface area contributed by atoms with Crippen LogP contribution in [0.25, 0.3) is 0 Å². The number of hydrogen-bond acceptors (Lipinski definition) is 5. The van der Waals surface area contributed by atoms with E-state index in [1.165, 1.54) is 6.07 Å². The summed E-state index contributed by atoms with van der Waals surface area (Å²) in [5.74, 6) is 1.75. The van der Waals surface area contributed by atoms with Crippen molar-refractivity contribution in [1.82, 2.24) is 5.16 Å². The summed E-state index contributed by atoms with van der Waals surface area (Å²) in [7, 11) is -3.62. The van der Waals surface area contributed by atoms with Gasteiger partial charge in [-0.3, -0.25) is 4.72 Å². The molecule has 7 heteroatoms. The Bertz CT molecular complexity index is 663. The van der Waals surface area contributed by atoms with Crippen molar-refractivity contribution in [2.75, 3.05) is 10.5 Å². The fourth-order valence-corrected chi connectivity index (χ4v) is 3.30. The Kier molecular flexibility index (Phi) is 4.72. The summed E-state index contributed by atoms with van der Waals surface area (Å²) >= 11 is 1.70. The number of sulfonamides is 1. The smallest absolute Gasteiger partial charge is 0.263 e. The molecule has 0 atom stereocenters. The maximum atomic E-state index is 12.1. The third-order valence-corrected chi connectivity index (χ3v) is 5.06. The molecule has 0 fully saturated rings. The molecule has 1 heterocycles. The predicted octanol–water partition coefficient (Wildman–Crippen LogP) is 3.29. The lowest BCUT2D eigenvalue weighted by atomic mass is 10.4. The van der Waals surface area contributed by atoms with E-state index in [4.69, 9.17) is 4.52 Å². The van der Waals surface area contributed by atoms with Gasteiger partial charge in [-0.25, -0.2) is 8.42 Å². The Hall–Kier alpha value is -1.47. The minimum Gasteiger partial charge on any atom is -0.360 e. The minimum atomic E-state index is -3.62. The van der Waals surface area contributed by atoms with E-state index in [1.807, 2.05) is 12.1 Å². The Balaban J connectivity index is 2.13. The quantitative estimate of drug-likeness (QED) is 0.829. The monoisotopic (exact) mass is 312 g/mol. The van der Waals surface area contributed by atoms with Crippen LogP contribution in [0.4, 0.5) is 5.82 Å². The van der Waals surface area contributed by atoms with Crippen LogP contribution < -0.4 is 4.72 Å². The second-order valence-corrected chi connectivity index (χ2v) is 7.10. The summed E-state index contributed by atoms with van der Waals surface area (Å²) in [5.41, 5.74) is 0. The van der Waals surface area contributed by atoms with Crippen LogP contribution in [-0.4, -0.2) is 19.3 Å². The van der Waals surface area contributed by atoms with Crippen LogP contribution in [0.2, 0.25) is 0 Å². The van der Waals surface area contributed by atoms with Crippen LogP contribution in [0, 0.1) is 6.92 Å². The van der Waals surface area contributed by atoms with E-state index < -0.39 is 10.0 Å². The lowest BCUT2D eigenvalue weighted by molar-refractivity contribution is 0.400. The normalized spacial score (nSPS) is 11.5. The van der Waals surface area contributed by atoms with Gasteiger partial charge in [0.25, 0.3) is 10.0 Å². The SMILES string of the molecule is CCCSc1ccc(S(=O)(=O)Nc2cc(C)on2)cc1. The molecule has 1 N–H and O–H groups in total. The number of aromatic nitrogens is 1. The molecule has 0 unspecified atom stereocenters. The molecular weight excluding hydrogens is 296 g/mol. The molecule has 20 heavy (non-hydrogen) atoms. The van der Waals surface area contributed by atoms with E-state index in [1.54, 1.807) is 30.8 Å². The highest BCUT2D eigenvalue weighted by Gasteiger charge is 2.16. The topological polar surface area (TPSA) is 72.2 Å². The molecule has 0 aliphatic carbocycles. The second kappa shape index (κ2) is 6.32. The van der Waals surface area contributed by atoms with Gasteiger partial charge < -0.3 is 4.52 Å². The van der Waals surface area contributed by atoms with E-state index in [0.717, 1.165) is 17.1 Å². The standard InChI is InChI=1S/C13H16N2O3S2/c1-3-8-19-11-4-6-12(7-5-11)20(16,17)15-13-9-10(2)18-14-13/h4-7,9H,3,8H2,1-2H3,(H,14,15). The van der Waals surface area contributed by atoms with Gasteiger partial charge in [-0.05, 0) is 43.4 Å². The molecule has 0 saturated heterocycles. The van der Waals surface area contributed by atoms with Crippen molar-refractivity contribution < 1.29 is 12.9 Å². The summed E-state index contributed by atoms with van der Waals surface area (Å²) in [4.78, 5) is 1.27. The zero-order valence-corrected chi connectivity index (χ0v) is 12.9. The van der Waals surface area contributed by atoms with Gasteiger partial charge in [0.1, 0.15) is 5.76 Å². The van der Waals surface area contributed by atoms with Gasteiger partial charge in [-0.2, -0.15) is 0 Å². The van der Waals surface area contributed by atoms with Gasteiger partial charge in [-0.1, -0.05) is 12.1 Å². The number of nitrogens with zero attached hydrogens (tertiary/aromatic N) is 1. The summed E-state index contributed by atoms with van der Waals surface area (Å²) < 4.78 is 31.5. The number of rotatable bonds is 6. The first-order valence-corrected chi connectivity index (χ1v) is 8.67. The molecule has 2 aromatic rings. The largest absolute Gasteiger partial charge is 0.360 e. The molecule has 0 aliphatic heterocycles. The summed E-state index contributed by atoms with van der Waals surface area (Å²) in [6.07, 6.45) is 1.08. The number of anilines is 1. The molecule has 0 saturated carbocycles. The van der Waals surface area contributed by atoms with Crippen molar-refractivity contribution >= 4 is 27.6 Å². The molecule has 1 aromatic carbocycles. The Morgan fingerprint density at radius 2 is 2.00 bits per heavy atom. The molecule has 108 valence electrons. The third kappa shape index (κ3) is 3.77. The van der Waals surface area contributed by atoms with E-state index in [-0.39, 0.29) is 10.7 Å². The lowest BCUT2D eigenvalue weighted by Gasteiger charge is -2.06. The fraction of sp³-hybridized carbons (Fsp3) is 0.308. The lowest BCUT2D eigenvalue weighted by Crippen LogP contribution is -2.12. The zero-order chi connectivity index (χ0) is 14.6. The van der Waals surface area contributed by atoms with Crippen LogP contribution in [0.5, 0.6) is 0 Å². The fourth-order valence-electron chi connectivity index (χ4n) is 1.55. The molecule has 0 radical (unpaired) electrons. The van der Waals surface area contributed by atoms with Gasteiger partial charge in [0.15, 0.2) is 5.82 Å². The first-order valence-electron chi connectivity index (χ1n) is 6.20. The minimum absolute atomic E-state index is 0.187. The zero-order valence-electron chi connectivity index (χ0n) is 11.3.